The van der Waals surface area contributed by atoms with Gasteiger partial charge in [-0.3, -0.25) is 9.47 Å². The van der Waals surface area contributed by atoms with Crippen LogP contribution in [0.2, 0.25) is 0 Å². The molecule has 0 N–H and O–H groups in total. The number of hydrogen-bond donors (Lipinski definition) is 0. The molecule has 0 aliphatic carbocycles. The molecule has 1 fully saturated rings. The maximum Gasteiger partial charge on any atom is 0.419 e. The largest absolute Gasteiger partial charge is 0.489 e. The van der Waals surface area contributed by atoms with Crippen LogP contribution < -0.4 is 15.4 Å². The Balaban J connectivity index is 1.09. The summed E-state index contributed by atoms with van der Waals surface area (Å²) in [6, 6.07) is 22.3. The Labute approximate surface area is 204 Å². The van der Waals surface area contributed by atoms with E-state index in [0.717, 1.165) is 62.3 Å². The number of rotatable bonds is 9. The van der Waals surface area contributed by atoms with Gasteiger partial charge in [0.05, 0.1) is 5.52 Å². The summed E-state index contributed by atoms with van der Waals surface area (Å²) in [6.45, 7) is 5.94. The third-order valence-electron chi connectivity index (χ3n) is 6.56. The Kier molecular flexibility index (Phi) is 7.14. The van der Waals surface area contributed by atoms with E-state index in [1.54, 1.807) is 10.6 Å². The van der Waals surface area contributed by atoms with Crippen molar-refractivity contribution in [2.45, 2.75) is 26.0 Å². The molecule has 4 aromatic rings. The summed E-state index contributed by atoms with van der Waals surface area (Å²) in [7, 11) is 0. The van der Waals surface area contributed by atoms with Gasteiger partial charge in [-0.1, -0.05) is 30.3 Å². The summed E-state index contributed by atoms with van der Waals surface area (Å²) in [5.74, 6) is 0.156. The lowest BCUT2D eigenvalue weighted by Crippen LogP contribution is -2.46. The lowest BCUT2D eigenvalue weighted by molar-refractivity contribution is 0.251. The summed E-state index contributed by atoms with van der Waals surface area (Å²) < 4.78 is 26.2. The highest BCUT2D eigenvalue weighted by Gasteiger charge is 2.17. The average Bonchev–Trinajstić information content (AvgIpc) is 3.21. The van der Waals surface area contributed by atoms with Crippen molar-refractivity contribution in [3.8, 4) is 5.75 Å². The van der Waals surface area contributed by atoms with Crippen molar-refractivity contribution in [3.63, 3.8) is 0 Å². The Bertz CT molecular complexity index is 1290. The predicted octanol–water partition coefficient (Wildman–Crippen LogP) is 4.92. The minimum absolute atomic E-state index is 0.200. The fraction of sp³-hybridized carbons (Fsp3) is 0.321. The van der Waals surface area contributed by atoms with Crippen LogP contribution >= 0.6 is 0 Å². The zero-order valence-electron chi connectivity index (χ0n) is 19.7. The van der Waals surface area contributed by atoms with E-state index in [2.05, 4.69) is 9.80 Å². The quantitative estimate of drug-likeness (QED) is 0.322. The number of aryl methyl sites for hydroxylation is 1. The first-order valence-electron chi connectivity index (χ1n) is 12.2. The number of halogens is 1. The summed E-state index contributed by atoms with van der Waals surface area (Å²) in [5, 5.41) is 0. The van der Waals surface area contributed by atoms with Gasteiger partial charge in [-0.2, -0.15) is 0 Å². The molecule has 0 atom stereocenters. The van der Waals surface area contributed by atoms with Gasteiger partial charge in [-0.05, 0) is 61.3 Å². The highest BCUT2D eigenvalue weighted by Crippen LogP contribution is 2.22. The average molecular weight is 476 g/mol. The van der Waals surface area contributed by atoms with Crippen LogP contribution in [0.15, 0.2) is 82.0 Å². The number of aromatic nitrogens is 1. The van der Waals surface area contributed by atoms with Crippen LogP contribution in [0.3, 0.4) is 0 Å². The molecule has 182 valence electrons. The van der Waals surface area contributed by atoms with Crippen LogP contribution in [0, 0.1) is 5.82 Å². The van der Waals surface area contributed by atoms with Crippen molar-refractivity contribution in [2.24, 2.45) is 0 Å². The van der Waals surface area contributed by atoms with Gasteiger partial charge in [0.1, 0.15) is 18.2 Å². The number of anilines is 1. The number of oxazole rings is 1. The number of hydrogen-bond acceptors (Lipinski definition) is 5. The number of benzene rings is 3. The Hall–Kier alpha value is -3.58. The number of fused-ring (bicyclic) bond motifs is 1. The molecule has 1 aromatic heterocycles. The van der Waals surface area contributed by atoms with Crippen LogP contribution in [0.1, 0.15) is 18.4 Å². The zero-order valence-corrected chi connectivity index (χ0v) is 19.7. The molecule has 1 saturated heterocycles. The maximum absolute atomic E-state index is 13.2. The minimum Gasteiger partial charge on any atom is -0.489 e. The third-order valence-corrected chi connectivity index (χ3v) is 6.56. The molecular weight excluding hydrogens is 445 g/mol. The zero-order chi connectivity index (χ0) is 24.0. The van der Waals surface area contributed by atoms with E-state index in [-0.39, 0.29) is 11.6 Å². The van der Waals surface area contributed by atoms with Gasteiger partial charge in [0.15, 0.2) is 5.58 Å². The van der Waals surface area contributed by atoms with Gasteiger partial charge >= 0.3 is 5.76 Å². The molecule has 0 saturated carbocycles. The van der Waals surface area contributed by atoms with Crippen LogP contribution in [0.25, 0.3) is 11.1 Å². The normalized spacial score (nSPS) is 14.5. The molecule has 7 heteroatoms. The van der Waals surface area contributed by atoms with Gasteiger partial charge in [0.2, 0.25) is 0 Å². The summed E-state index contributed by atoms with van der Waals surface area (Å²) in [5.41, 5.74) is 3.52. The lowest BCUT2D eigenvalue weighted by atomic mass is 10.2. The van der Waals surface area contributed by atoms with Crippen LogP contribution in [-0.4, -0.2) is 42.2 Å². The Morgan fingerprint density at radius 2 is 1.60 bits per heavy atom. The molecule has 2 heterocycles. The maximum atomic E-state index is 13.2. The fourth-order valence-corrected chi connectivity index (χ4v) is 4.58. The molecule has 1 aliphatic rings. The van der Waals surface area contributed by atoms with Crippen molar-refractivity contribution in [2.75, 3.05) is 37.6 Å². The first-order chi connectivity index (χ1) is 17.2. The predicted molar refractivity (Wildman–Crippen MR) is 136 cm³/mol. The number of unbranched alkanes of at least 4 members (excludes halogenated alkanes) is 1. The Morgan fingerprint density at radius 3 is 2.37 bits per heavy atom. The van der Waals surface area contributed by atoms with Gasteiger partial charge in [-0.15, -0.1) is 0 Å². The topological polar surface area (TPSA) is 50.9 Å². The smallest absolute Gasteiger partial charge is 0.419 e. The van der Waals surface area contributed by atoms with Crippen LogP contribution in [-0.2, 0) is 13.2 Å². The standard InChI is InChI=1S/C28H30FN3O3/c29-23-8-10-24(11-9-23)31-18-16-30(17-19-31)14-4-5-15-32-26-13-12-25(20-27(26)35-28(32)33)34-21-22-6-2-1-3-7-22/h1-3,6-13,20H,4-5,14-19,21H2. The Morgan fingerprint density at radius 1 is 0.857 bits per heavy atom. The summed E-state index contributed by atoms with van der Waals surface area (Å²) in [4.78, 5) is 17.2. The first-order valence-corrected chi connectivity index (χ1v) is 12.2. The van der Waals surface area contributed by atoms with E-state index in [4.69, 9.17) is 9.15 Å². The van der Waals surface area contributed by atoms with Crippen LogP contribution in [0.4, 0.5) is 10.1 Å². The van der Waals surface area contributed by atoms with Gasteiger partial charge in [0.25, 0.3) is 0 Å². The van der Waals surface area contributed by atoms with E-state index in [1.807, 2.05) is 54.6 Å². The monoisotopic (exact) mass is 475 g/mol. The van der Waals surface area contributed by atoms with E-state index in [9.17, 15) is 9.18 Å². The molecule has 35 heavy (non-hydrogen) atoms. The third kappa shape index (κ3) is 5.74. The molecular formula is C28H30FN3O3. The highest BCUT2D eigenvalue weighted by atomic mass is 19.1. The van der Waals surface area contributed by atoms with Crippen molar-refractivity contribution >= 4 is 16.8 Å². The highest BCUT2D eigenvalue weighted by molar-refractivity contribution is 5.74. The van der Waals surface area contributed by atoms with Crippen molar-refractivity contribution < 1.29 is 13.5 Å². The van der Waals surface area contributed by atoms with Crippen molar-refractivity contribution in [1.82, 2.24) is 9.47 Å². The van der Waals surface area contributed by atoms with Crippen LogP contribution in [0.5, 0.6) is 5.75 Å². The molecule has 0 spiro atoms. The number of piperazine rings is 1. The molecule has 0 bridgehead atoms. The van der Waals surface area contributed by atoms with Crippen molar-refractivity contribution in [1.29, 1.82) is 0 Å². The molecule has 1 aliphatic heterocycles. The molecule has 0 unspecified atom stereocenters. The number of nitrogens with zero attached hydrogens (tertiary/aromatic N) is 3. The van der Waals surface area contributed by atoms with Gasteiger partial charge in [-0.25, -0.2) is 9.18 Å². The second-order valence-corrected chi connectivity index (χ2v) is 8.94. The minimum atomic E-state index is -0.326. The van der Waals surface area contributed by atoms with E-state index >= 15 is 0 Å². The number of ether oxygens (including phenoxy) is 1. The lowest BCUT2D eigenvalue weighted by Gasteiger charge is -2.36. The van der Waals surface area contributed by atoms with Crippen molar-refractivity contribution in [3.05, 3.63) is 94.7 Å². The summed E-state index contributed by atoms with van der Waals surface area (Å²) >= 11 is 0. The molecule has 6 nitrogen and oxygen atoms in total. The van der Waals surface area contributed by atoms with E-state index < -0.39 is 0 Å². The molecule has 5 rings (SSSR count). The second kappa shape index (κ2) is 10.8. The van der Waals surface area contributed by atoms with E-state index in [0.29, 0.717) is 24.5 Å². The SMILES string of the molecule is O=c1oc2cc(OCc3ccccc3)ccc2n1CCCCN1CCN(c2ccc(F)cc2)CC1. The van der Waals surface area contributed by atoms with E-state index in [1.165, 1.54) is 12.1 Å². The van der Waals surface area contributed by atoms with Gasteiger partial charge < -0.3 is 14.1 Å². The second-order valence-electron chi connectivity index (χ2n) is 8.94. The molecule has 0 amide bonds. The summed E-state index contributed by atoms with van der Waals surface area (Å²) in [6.07, 6.45) is 1.91. The first kappa shape index (κ1) is 23.2. The molecule has 3 aromatic carbocycles. The fourth-order valence-electron chi connectivity index (χ4n) is 4.58. The molecule has 0 radical (unpaired) electrons. The van der Waals surface area contributed by atoms with Gasteiger partial charge in [0, 0.05) is 44.5 Å².